The van der Waals surface area contributed by atoms with Gasteiger partial charge in [-0.1, -0.05) is 67.5 Å². The molecule has 25 heavy (non-hydrogen) atoms. The fraction of sp³-hybridized carbons (Fsp3) is 0.727. The van der Waals surface area contributed by atoms with Crippen molar-refractivity contribution in [1.29, 1.82) is 0 Å². The van der Waals surface area contributed by atoms with Crippen molar-refractivity contribution in [1.82, 2.24) is 0 Å². The normalized spacial score (nSPS) is 13.7. The fourth-order valence-electron chi connectivity index (χ4n) is 2.86. The largest absolute Gasteiger partial charge is 0.480 e. The molecule has 0 bridgehead atoms. The van der Waals surface area contributed by atoms with E-state index in [0.29, 0.717) is 8.81 Å². The molecule has 1 atom stereocenters. The zero-order valence-electron chi connectivity index (χ0n) is 18.1. The summed E-state index contributed by atoms with van der Waals surface area (Å²) in [7, 11) is 0.359. The summed E-state index contributed by atoms with van der Waals surface area (Å²) in [6, 6.07) is 4.65. The molecule has 0 aliphatic heterocycles. The lowest BCUT2D eigenvalue weighted by atomic mass is 9.79. The summed E-state index contributed by atoms with van der Waals surface area (Å²) in [6.07, 6.45) is 1.90. The Bertz CT molecular complexity index is 561. The van der Waals surface area contributed by atoms with Crippen molar-refractivity contribution < 1.29 is 9.26 Å². The van der Waals surface area contributed by atoms with Crippen LogP contribution in [0.15, 0.2) is 12.1 Å². The summed E-state index contributed by atoms with van der Waals surface area (Å²) < 4.78 is 12.5. The van der Waals surface area contributed by atoms with Crippen LogP contribution in [0.4, 0.5) is 0 Å². The Labute approximate surface area is 157 Å². The molecule has 0 saturated heterocycles. The predicted octanol–water partition coefficient (Wildman–Crippen LogP) is 7.12. The minimum absolute atomic E-state index is 0.0311. The lowest BCUT2D eigenvalue weighted by Gasteiger charge is -2.36. The van der Waals surface area contributed by atoms with Crippen molar-refractivity contribution in [3.05, 3.63) is 28.8 Å². The predicted molar refractivity (Wildman–Crippen MR) is 112 cm³/mol. The first kappa shape index (κ1) is 22.5. The van der Waals surface area contributed by atoms with E-state index in [0.717, 1.165) is 25.2 Å². The van der Waals surface area contributed by atoms with Gasteiger partial charge in [0.25, 0.3) is 0 Å². The van der Waals surface area contributed by atoms with Crippen molar-refractivity contribution in [3.63, 3.8) is 0 Å². The third-order valence-corrected chi connectivity index (χ3v) is 6.41. The van der Waals surface area contributed by atoms with E-state index in [4.69, 9.17) is 9.26 Å². The van der Waals surface area contributed by atoms with Crippen molar-refractivity contribution in [3.8, 4) is 5.75 Å². The zero-order chi connectivity index (χ0) is 19.5. The van der Waals surface area contributed by atoms with E-state index in [-0.39, 0.29) is 16.2 Å². The maximum Gasteiger partial charge on any atom is 0.149 e. The van der Waals surface area contributed by atoms with E-state index in [1.165, 1.54) is 16.7 Å². The van der Waals surface area contributed by atoms with Gasteiger partial charge in [0.05, 0.1) is 8.81 Å². The van der Waals surface area contributed by atoms with E-state index < -0.39 is 0 Å². The molecule has 0 N–H and O–H groups in total. The SMILES string of the molecule is CCOPC(CC)(CC)Oc1c(C)cc(C(C)(C)C)cc1C(C)(C)C. The summed E-state index contributed by atoms with van der Waals surface area (Å²) in [5, 5.41) is -0.232. The first-order valence-electron chi connectivity index (χ1n) is 9.63. The van der Waals surface area contributed by atoms with Gasteiger partial charge in [0.1, 0.15) is 11.1 Å². The molecule has 0 spiro atoms. The van der Waals surface area contributed by atoms with Crippen molar-refractivity contribution in [2.45, 2.75) is 98.3 Å². The molecule has 0 aliphatic carbocycles. The van der Waals surface area contributed by atoms with Crippen LogP contribution in [0.2, 0.25) is 0 Å². The summed E-state index contributed by atoms with van der Waals surface area (Å²) in [5.41, 5.74) is 4.05. The first-order valence-corrected chi connectivity index (χ1v) is 10.5. The molecule has 0 amide bonds. The van der Waals surface area contributed by atoms with E-state index in [1.807, 2.05) is 6.92 Å². The number of hydrogen-bond donors (Lipinski definition) is 0. The highest BCUT2D eigenvalue weighted by molar-refractivity contribution is 7.34. The minimum Gasteiger partial charge on any atom is -0.480 e. The molecular weight excluding hydrogens is 327 g/mol. The van der Waals surface area contributed by atoms with E-state index in [1.54, 1.807) is 0 Å². The molecule has 0 heterocycles. The molecule has 1 aromatic rings. The van der Waals surface area contributed by atoms with Crippen LogP contribution in [0.25, 0.3) is 0 Å². The fourth-order valence-corrected chi connectivity index (χ4v) is 3.70. The Morgan fingerprint density at radius 1 is 0.880 bits per heavy atom. The second kappa shape index (κ2) is 8.40. The molecule has 0 fully saturated rings. The van der Waals surface area contributed by atoms with Crippen LogP contribution in [0, 0.1) is 6.92 Å². The van der Waals surface area contributed by atoms with Gasteiger partial charge in [0.2, 0.25) is 0 Å². The molecule has 3 heteroatoms. The Hall–Kier alpha value is -0.590. The molecule has 1 unspecified atom stereocenters. The molecule has 0 aliphatic rings. The summed E-state index contributed by atoms with van der Waals surface area (Å²) in [5.74, 6) is 1.05. The van der Waals surface area contributed by atoms with Crippen LogP contribution in [0.5, 0.6) is 5.75 Å². The van der Waals surface area contributed by atoms with Gasteiger partial charge in [0.15, 0.2) is 0 Å². The lowest BCUT2D eigenvalue weighted by molar-refractivity contribution is 0.134. The van der Waals surface area contributed by atoms with E-state index >= 15 is 0 Å². The number of hydrogen-bond acceptors (Lipinski definition) is 2. The number of rotatable bonds is 7. The first-order chi connectivity index (χ1) is 11.4. The topological polar surface area (TPSA) is 18.5 Å². The highest BCUT2D eigenvalue weighted by Crippen LogP contribution is 2.45. The molecule has 0 aromatic heterocycles. The molecular formula is C22H39O2P. The van der Waals surface area contributed by atoms with Crippen LogP contribution in [0.1, 0.15) is 91.8 Å². The number of aryl methyl sites for hydroxylation is 1. The lowest BCUT2D eigenvalue weighted by Crippen LogP contribution is -2.31. The van der Waals surface area contributed by atoms with Gasteiger partial charge in [-0.25, -0.2) is 0 Å². The smallest absolute Gasteiger partial charge is 0.149 e. The average Bonchev–Trinajstić information content (AvgIpc) is 2.50. The summed E-state index contributed by atoms with van der Waals surface area (Å²) in [6.45, 7) is 23.0. The van der Waals surface area contributed by atoms with Gasteiger partial charge in [-0.05, 0) is 48.6 Å². The second-order valence-corrected chi connectivity index (χ2v) is 10.4. The van der Waals surface area contributed by atoms with Gasteiger partial charge in [-0.3, -0.25) is 0 Å². The van der Waals surface area contributed by atoms with Gasteiger partial charge in [0, 0.05) is 12.2 Å². The van der Waals surface area contributed by atoms with Gasteiger partial charge in [-0.15, -0.1) is 0 Å². The average molecular weight is 367 g/mol. The second-order valence-electron chi connectivity index (χ2n) is 9.01. The third kappa shape index (κ3) is 5.69. The van der Waals surface area contributed by atoms with Crippen LogP contribution in [0.3, 0.4) is 0 Å². The number of ether oxygens (including phenoxy) is 1. The van der Waals surface area contributed by atoms with Crippen LogP contribution in [-0.4, -0.2) is 11.9 Å². The molecule has 1 rings (SSSR count). The highest BCUT2D eigenvalue weighted by Gasteiger charge is 2.33. The Morgan fingerprint density at radius 3 is 1.84 bits per heavy atom. The van der Waals surface area contributed by atoms with Crippen LogP contribution < -0.4 is 4.74 Å². The molecule has 144 valence electrons. The van der Waals surface area contributed by atoms with Gasteiger partial charge < -0.3 is 9.26 Å². The summed E-state index contributed by atoms with van der Waals surface area (Å²) in [4.78, 5) is 0. The highest BCUT2D eigenvalue weighted by atomic mass is 31.1. The van der Waals surface area contributed by atoms with E-state index in [9.17, 15) is 0 Å². The quantitative estimate of drug-likeness (QED) is 0.478. The molecule has 2 nitrogen and oxygen atoms in total. The third-order valence-electron chi connectivity index (χ3n) is 4.79. The minimum atomic E-state index is -0.232. The van der Waals surface area contributed by atoms with E-state index in [2.05, 4.69) is 74.4 Å². The number of benzene rings is 1. The Kier molecular flexibility index (Phi) is 7.54. The standard InChI is InChI=1S/C22H39O2P/c1-11-22(12-2,25-23-13-3)24-19-16(4)14-17(20(5,6)7)15-18(19)21(8,9)10/h14-15,25H,11-13H2,1-10H3. The van der Waals surface area contributed by atoms with Crippen LogP contribution >= 0.6 is 8.81 Å². The zero-order valence-corrected chi connectivity index (χ0v) is 19.1. The molecule has 0 radical (unpaired) electrons. The van der Waals surface area contributed by atoms with Gasteiger partial charge >= 0.3 is 0 Å². The van der Waals surface area contributed by atoms with Crippen molar-refractivity contribution in [2.75, 3.05) is 6.61 Å². The Balaban J connectivity index is 3.47. The van der Waals surface area contributed by atoms with Crippen molar-refractivity contribution >= 4 is 8.81 Å². The van der Waals surface area contributed by atoms with Gasteiger partial charge in [-0.2, -0.15) is 0 Å². The van der Waals surface area contributed by atoms with Crippen molar-refractivity contribution in [2.24, 2.45) is 0 Å². The summed E-state index contributed by atoms with van der Waals surface area (Å²) >= 11 is 0. The Morgan fingerprint density at radius 2 is 1.44 bits per heavy atom. The maximum atomic E-state index is 6.75. The van der Waals surface area contributed by atoms with Crippen LogP contribution in [-0.2, 0) is 15.4 Å². The monoisotopic (exact) mass is 366 g/mol. The molecule has 1 aromatic carbocycles. The molecule has 0 saturated carbocycles. The maximum absolute atomic E-state index is 6.75.